The van der Waals surface area contributed by atoms with Crippen LogP contribution in [0.4, 0.5) is 0 Å². The van der Waals surface area contributed by atoms with Crippen molar-refractivity contribution in [3.63, 3.8) is 0 Å². The topological polar surface area (TPSA) is 3.24 Å². The molecule has 18 heavy (non-hydrogen) atoms. The molecular weight excluding hydrogens is 238 g/mol. The number of nitrogens with zero attached hydrogens (tertiary/aromatic N) is 1. The number of hydrogen-bond acceptors (Lipinski definition) is 1. The maximum Gasteiger partial charge on any atom is 0.0779 e. The van der Waals surface area contributed by atoms with Gasteiger partial charge in [-0.05, 0) is 19.3 Å². The van der Waals surface area contributed by atoms with Crippen molar-refractivity contribution in [2.45, 2.75) is 84.0 Å². The lowest BCUT2D eigenvalue weighted by Gasteiger charge is -2.17. The van der Waals surface area contributed by atoms with Gasteiger partial charge in [0.2, 0.25) is 0 Å². The first kappa shape index (κ1) is 15.9. The van der Waals surface area contributed by atoms with Gasteiger partial charge in [0.05, 0.1) is 4.99 Å². The van der Waals surface area contributed by atoms with E-state index in [2.05, 4.69) is 11.8 Å². The maximum atomic E-state index is 5.34. The van der Waals surface area contributed by atoms with Gasteiger partial charge in [0, 0.05) is 13.1 Å². The highest BCUT2D eigenvalue weighted by Gasteiger charge is 2.15. The zero-order valence-electron chi connectivity index (χ0n) is 12.3. The lowest BCUT2D eigenvalue weighted by atomic mass is 10.1. The van der Waals surface area contributed by atoms with Gasteiger partial charge < -0.3 is 4.90 Å². The zero-order chi connectivity index (χ0) is 13.1. The van der Waals surface area contributed by atoms with Gasteiger partial charge in [-0.15, -0.1) is 0 Å². The predicted octanol–water partition coefficient (Wildman–Crippen LogP) is 5.33. The Kier molecular flexibility index (Phi) is 9.55. The van der Waals surface area contributed by atoms with Crippen molar-refractivity contribution in [1.82, 2.24) is 4.90 Å². The van der Waals surface area contributed by atoms with Gasteiger partial charge in [-0.25, -0.2) is 0 Å². The molecule has 1 nitrogen and oxygen atoms in total. The summed E-state index contributed by atoms with van der Waals surface area (Å²) in [6.45, 7) is 4.72. The van der Waals surface area contributed by atoms with E-state index in [9.17, 15) is 0 Å². The number of hydrogen-bond donors (Lipinski definition) is 0. The molecule has 0 aromatic rings. The molecule has 0 N–H and O–H groups in total. The Morgan fingerprint density at radius 2 is 1.44 bits per heavy atom. The molecule has 1 fully saturated rings. The molecule has 2 heteroatoms. The van der Waals surface area contributed by atoms with Crippen LogP contribution in [0.1, 0.15) is 84.0 Å². The Morgan fingerprint density at radius 1 is 0.889 bits per heavy atom. The van der Waals surface area contributed by atoms with E-state index < -0.39 is 0 Å². The molecule has 0 saturated carbocycles. The van der Waals surface area contributed by atoms with E-state index in [1.807, 2.05) is 0 Å². The predicted molar refractivity (Wildman–Crippen MR) is 85.2 cm³/mol. The molecule has 0 spiro atoms. The average molecular weight is 269 g/mol. The Labute approximate surface area is 119 Å². The first-order valence-corrected chi connectivity index (χ1v) is 8.53. The standard InChI is InChI=1S/C16H31NS/c1-2-3-4-5-6-7-8-9-10-11-14-17-15-12-13-16(17)18/h2-15H2,1H3. The average Bonchev–Trinajstić information content (AvgIpc) is 2.77. The third-order valence-electron chi connectivity index (χ3n) is 3.95. The van der Waals surface area contributed by atoms with E-state index in [-0.39, 0.29) is 0 Å². The van der Waals surface area contributed by atoms with Crippen LogP contribution in [-0.4, -0.2) is 23.0 Å². The molecule has 106 valence electrons. The second kappa shape index (κ2) is 10.8. The van der Waals surface area contributed by atoms with E-state index in [1.54, 1.807) is 0 Å². The fourth-order valence-electron chi connectivity index (χ4n) is 2.73. The molecule has 0 unspecified atom stereocenters. The quantitative estimate of drug-likeness (QED) is 0.368. The molecule has 1 aliphatic heterocycles. The van der Waals surface area contributed by atoms with E-state index >= 15 is 0 Å². The summed E-state index contributed by atoms with van der Waals surface area (Å²) in [5, 5.41) is 0. The van der Waals surface area contributed by atoms with Gasteiger partial charge in [0.15, 0.2) is 0 Å². The van der Waals surface area contributed by atoms with E-state index in [1.165, 1.54) is 88.7 Å². The van der Waals surface area contributed by atoms with Crippen LogP contribution in [0.15, 0.2) is 0 Å². The second-order valence-corrected chi connectivity index (χ2v) is 6.14. The van der Waals surface area contributed by atoms with Crippen molar-refractivity contribution in [1.29, 1.82) is 0 Å². The molecule has 0 bridgehead atoms. The van der Waals surface area contributed by atoms with Crippen molar-refractivity contribution in [3.05, 3.63) is 0 Å². The van der Waals surface area contributed by atoms with Crippen LogP contribution in [-0.2, 0) is 0 Å². The highest BCUT2D eigenvalue weighted by molar-refractivity contribution is 7.80. The maximum absolute atomic E-state index is 5.34. The van der Waals surface area contributed by atoms with Crippen LogP contribution in [0.3, 0.4) is 0 Å². The Balaban J connectivity index is 1.77. The smallest absolute Gasteiger partial charge is 0.0779 e. The first-order valence-electron chi connectivity index (χ1n) is 8.12. The fourth-order valence-corrected chi connectivity index (χ4v) is 3.06. The summed E-state index contributed by atoms with van der Waals surface area (Å²) in [5.74, 6) is 0. The number of rotatable bonds is 11. The van der Waals surface area contributed by atoms with Gasteiger partial charge in [-0.1, -0.05) is 76.9 Å². The molecule has 1 aliphatic rings. The lowest BCUT2D eigenvalue weighted by molar-refractivity contribution is 0.432. The largest absolute Gasteiger partial charge is 0.366 e. The minimum absolute atomic E-state index is 1.16. The van der Waals surface area contributed by atoms with Crippen LogP contribution in [0.5, 0.6) is 0 Å². The number of likely N-dealkylation sites (tertiary alicyclic amines) is 1. The van der Waals surface area contributed by atoms with E-state index in [0.717, 1.165) is 6.42 Å². The molecule has 0 amide bonds. The van der Waals surface area contributed by atoms with Gasteiger partial charge in [0.25, 0.3) is 0 Å². The number of unbranched alkanes of at least 4 members (excludes halogenated alkanes) is 9. The van der Waals surface area contributed by atoms with Gasteiger partial charge in [-0.3, -0.25) is 0 Å². The van der Waals surface area contributed by atoms with Gasteiger partial charge in [0.1, 0.15) is 0 Å². The van der Waals surface area contributed by atoms with E-state index in [0.29, 0.717) is 0 Å². The van der Waals surface area contributed by atoms with Crippen LogP contribution >= 0.6 is 12.2 Å². The van der Waals surface area contributed by atoms with Crippen LogP contribution in [0, 0.1) is 0 Å². The molecule has 1 rings (SSSR count). The molecule has 1 saturated heterocycles. The monoisotopic (exact) mass is 269 g/mol. The fraction of sp³-hybridized carbons (Fsp3) is 0.938. The minimum Gasteiger partial charge on any atom is -0.366 e. The first-order chi connectivity index (χ1) is 8.84. The van der Waals surface area contributed by atoms with Gasteiger partial charge >= 0.3 is 0 Å². The summed E-state index contributed by atoms with van der Waals surface area (Å²) in [6, 6.07) is 0. The Hall–Kier alpha value is -0.110. The van der Waals surface area contributed by atoms with E-state index in [4.69, 9.17) is 12.2 Å². The van der Waals surface area contributed by atoms with Crippen molar-refractivity contribution in [3.8, 4) is 0 Å². The highest BCUT2D eigenvalue weighted by atomic mass is 32.1. The summed E-state index contributed by atoms with van der Waals surface area (Å²) < 4.78 is 0. The molecule has 0 aliphatic carbocycles. The summed E-state index contributed by atoms with van der Waals surface area (Å²) in [5.41, 5.74) is 0. The minimum atomic E-state index is 1.16. The number of thiocarbonyl (C=S) groups is 1. The van der Waals surface area contributed by atoms with Gasteiger partial charge in [-0.2, -0.15) is 0 Å². The highest BCUT2D eigenvalue weighted by Crippen LogP contribution is 2.14. The van der Waals surface area contributed by atoms with Crippen molar-refractivity contribution < 1.29 is 0 Å². The SMILES string of the molecule is CCCCCCCCCCCCN1CCCC1=S. The Morgan fingerprint density at radius 3 is 1.94 bits per heavy atom. The summed E-state index contributed by atoms with van der Waals surface area (Å²) in [7, 11) is 0. The van der Waals surface area contributed by atoms with Crippen molar-refractivity contribution >= 4 is 17.2 Å². The third-order valence-corrected chi connectivity index (χ3v) is 4.42. The third kappa shape index (κ3) is 7.35. The normalized spacial score (nSPS) is 15.6. The Bertz CT molecular complexity index is 215. The lowest BCUT2D eigenvalue weighted by Crippen LogP contribution is -2.24. The van der Waals surface area contributed by atoms with Crippen molar-refractivity contribution in [2.24, 2.45) is 0 Å². The zero-order valence-corrected chi connectivity index (χ0v) is 13.1. The molecule has 1 heterocycles. The summed E-state index contributed by atoms with van der Waals surface area (Å²) in [6.07, 6.45) is 16.6. The van der Waals surface area contributed by atoms with Crippen LogP contribution < -0.4 is 0 Å². The van der Waals surface area contributed by atoms with Crippen LogP contribution in [0.25, 0.3) is 0 Å². The molecule has 0 atom stereocenters. The molecule has 0 aromatic carbocycles. The summed E-state index contributed by atoms with van der Waals surface area (Å²) >= 11 is 5.34. The second-order valence-electron chi connectivity index (χ2n) is 5.67. The molecular formula is C16H31NS. The van der Waals surface area contributed by atoms with Crippen molar-refractivity contribution in [2.75, 3.05) is 13.1 Å². The molecule has 0 radical (unpaired) electrons. The molecule has 0 aromatic heterocycles. The van der Waals surface area contributed by atoms with Crippen LogP contribution in [0.2, 0.25) is 0 Å². The summed E-state index contributed by atoms with van der Waals surface area (Å²) in [4.78, 5) is 3.63.